The Balaban J connectivity index is 1.54. The fraction of sp³-hybridized carbons (Fsp3) is 0.550. The topological polar surface area (TPSA) is 41.3 Å². The minimum atomic E-state index is -0.980. The summed E-state index contributed by atoms with van der Waals surface area (Å²) in [5, 5.41) is 10.5. The van der Waals surface area contributed by atoms with Gasteiger partial charge in [-0.3, -0.25) is 4.90 Å². The second-order valence-electron chi connectivity index (χ2n) is 7.46. The van der Waals surface area contributed by atoms with E-state index in [0.29, 0.717) is 6.54 Å². The Hall–Kier alpha value is -1.79. The summed E-state index contributed by atoms with van der Waals surface area (Å²) in [7, 11) is 2.08. The SMILES string of the molecule is Cn1c([C@H]2CCCN2C[C@H](O)c2ccc(F)cc2F)nc2c1CCCC2. The van der Waals surface area contributed by atoms with Crippen molar-refractivity contribution in [1.29, 1.82) is 0 Å². The zero-order valence-corrected chi connectivity index (χ0v) is 15.1. The lowest BCUT2D eigenvalue weighted by atomic mass is 10.0. The van der Waals surface area contributed by atoms with Crippen LogP contribution in [0.2, 0.25) is 0 Å². The Kier molecular flexibility index (Phi) is 4.80. The first-order valence-corrected chi connectivity index (χ1v) is 9.46. The lowest BCUT2D eigenvalue weighted by molar-refractivity contribution is 0.100. The van der Waals surface area contributed by atoms with Gasteiger partial charge >= 0.3 is 0 Å². The van der Waals surface area contributed by atoms with E-state index >= 15 is 0 Å². The van der Waals surface area contributed by atoms with E-state index in [0.717, 1.165) is 44.1 Å². The number of aryl methyl sites for hydroxylation is 1. The molecule has 2 aromatic rings. The minimum absolute atomic E-state index is 0.142. The van der Waals surface area contributed by atoms with Crippen LogP contribution in [0.3, 0.4) is 0 Å². The molecule has 6 heteroatoms. The number of rotatable bonds is 4. The molecule has 2 heterocycles. The van der Waals surface area contributed by atoms with Gasteiger partial charge in [-0.25, -0.2) is 13.8 Å². The average molecular weight is 361 g/mol. The maximum atomic E-state index is 14.0. The van der Waals surface area contributed by atoms with Crippen molar-refractivity contribution >= 4 is 0 Å². The molecule has 26 heavy (non-hydrogen) atoms. The first-order valence-electron chi connectivity index (χ1n) is 9.46. The normalized spacial score (nSPS) is 21.8. The van der Waals surface area contributed by atoms with Gasteiger partial charge in [0.1, 0.15) is 17.5 Å². The van der Waals surface area contributed by atoms with Crippen LogP contribution in [0.5, 0.6) is 0 Å². The van der Waals surface area contributed by atoms with E-state index < -0.39 is 17.7 Å². The van der Waals surface area contributed by atoms with Gasteiger partial charge < -0.3 is 9.67 Å². The number of imidazole rings is 1. The van der Waals surface area contributed by atoms with Crippen molar-refractivity contribution in [1.82, 2.24) is 14.5 Å². The number of halogens is 2. The largest absolute Gasteiger partial charge is 0.387 e. The van der Waals surface area contributed by atoms with Crippen LogP contribution in [0.4, 0.5) is 8.78 Å². The number of nitrogens with zero attached hydrogens (tertiary/aromatic N) is 3. The molecule has 2 atom stereocenters. The predicted octanol–water partition coefficient (Wildman–Crippen LogP) is 3.45. The van der Waals surface area contributed by atoms with Crippen LogP contribution in [0.25, 0.3) is 0 Å². The van der Waals surface area contributed by atoms with Crippen LogP contribution in [0, 0.1) is 11.6 Å². The molecule has 4 rings (SSSR count). The highest BCUT2D eigenvalue weighted by molar-refractivity contribution is 5.23. The highest BCUT2D eigenvalue weighted by Crippen LogP contribution is 2.35. The zero-order valence-electron chi connectivity index (χ0n) is 15.1. The van der Waals surface area contributed by atoms with Crippen molar-refractivity contribution in [3.8, 4) is 0 Å². The van der Waals surface area contributed by atoms with Crippen molar-refractivity contribution < 1.29 is 13.9 Å². The standard InChI is InChI=1S/C20H25F2N3O/c1-24-17-6-3-2-5-16(17)23-20(24)18-7-4-10-25(18)12-19(26)14-9-8-13(21)11-15(14)22/h8-9,11,18-19,26H,2-7,10,12H2,1H3/t18-,19+/m1/s1. The maximum Gasteiger partial charge on any atom is 0.131 e. The second-order valence-corrected chi connectivity index (χ2v) is 7.46. The van der Waals surface area contributed by atoms with E-state index in [-0.39, 0.29) is 11.6 Å². The van der Waals surface area contributed by atoms with Gasteiger partial charge in [0.2, 0.25) is 0 Å². The van der Waals surface area contributed by atoms with Crippen molar-refractivity contribution in [3.05, 3.63) is 52.6 Å². The van der Waals surface area contributed by atoms with Crippen LogP contribution in [-0.4, -0.2) is 32.6 Å². The van der Waals surface area contributed by atoms with Gasteiger partial charge in [-0.2, -0.15) is 0 Å². The number of benzene rings is 1. The fourth-order valence-electron chi connectivity index (χ4n) is 4.43. The summed E-state index contributed by atoms with van der Waals surface area (Å²) in [6, 6.07) is 3.49. The van der Waals surface area contributed by atoms with Gasteiger partial charge in [0, 0.05) is 30.9 Å². The summed E-state index contributed by atoms with van der Waals surface area (Å²) in [6.07, 6.45) is 5.56. The minimum Gasteiger partial charge on any atom is -0.387 e. The molecule has 2 aliphatic rings. The quantitative estimate of drug-likeness (QED) is 0.907. The lowest BCUT2D eigenvalue weighted by Gasteiger charge is -2.27. The third kappa shape index (κ3) is 3.16. The molecule has 0 amide bonds. The number of fused-ring (bicyclic) bond motifs is 1. The molecule has 0 radical (unpaired) electrons. The van der Waals surface area contributed by atoms with Gasteiger partial charge in [0.15, 0.2) is 0 Å². The first-order chi connectivity index (χ1) is 12.5. The van der Waals surface area contributed by atoms with Gasteiger partial charge in [-0.15, -0.1) is 0 Å². The van der Waals surface area contributed by atoms with E-state index in [1.54, 1.807) is 0 Å². The third-order valence-electron chi connectivity index (χ3n) is 5.80. The number of hydrogen-bond acceptors (Lipinski definition) is 3. The smallest absolute Gasteiger partial charge is 0.131 e. The Morgan fingerprint density at radius 1 is 1.23 bits per heavy atom. The van der Waals surface area contributed by atoms with Crippen LogP contribution >= 0.6 is 0 Å². The van der Waals surface area contributed by atoms with Crippen molar-refractivity contribution in [2.45, 2.75) is 50.7 Å². The van der Waals surface area contributed by atoms with Crippen LogP contribution in [0.15, 0.2) is 18.2 Å². The summed E-state index contributed by atoms with van der Waals surface area (Å²) < 4.78 is 29.3. The van der Waals surface area contributed by atoms with Gasteiger partial charge in [-0.1, -0.05) is 6.07 Å². The third-order valence-corrected chi connectivity index (χ3v) is 5.80. The molecule has 0 unspecified atom stereocenters. The molecule has 0 saturated carbocycles. The van der Waals surface area contributed by atoms with Crippen molar-refractivity contribution in [3.63, 3.8) is 0 Å². The average Bonchev–Trinajstić information content (AvgIpc) is 3.19. The zero-order chi connectivity index (χ0) is 18.3. The lowest BCUT2D eigenvalue weighted by Crippen LogP contribution is -2.30. The number of likely N-dealkylation sites (tertiary alicyclic amines) is 1. The first kappa shape index (κ1) is 17.6. The van der Waals surface area contributed by atoms with Gasteiger partial charge in [-0.05, 0) is 51.1 Å². The number of hydrogen-bond donors (Lipinski definition) is 1. The Morgan fingerprint density at radius 3 is 2.81 bits per heavy atom. The van der Waals surface area contributed by atoms with Gasteiger partial charge in [0.25, 0.3) is 0 Å². The molecule has 1 aromatic heterocycles. The fourth-order valence-corrected chi connectivity index (χ4v) is 4.43. The summed E-state index contributed by atoms with van der Waals surface area (Å²) in [5.74, 6) is -0.266. The molecule has 1 aliphatic heterocycles. The summed E-state index contributed by atoms with van der Waals surface area (Å²) in [6.45, 7) is 1.17. The van der Waals surface area contributed by atoms with E-state index in [9.17, 15) is 13.9 Å². The summed E-state index contributed by atoms with van der Waals surface area (Å²) in [5.41, 5.74) is 2.70. The number of aliphatic hydroxyl groups is 1. The number of β-amino-alcohol motifs (C(OH)–C–C–N with tert-alkyl or cyclic N) is 1. The molecule has 0 spiro atoms. The van der Waals surface area contributed by atoms with E-state index in [1.807, 2.05) is 0 Å². The molecule has 1 N–H and O–H groups in total. The van der Waals surface area contributed by atoms with Crippen molar-refractivity contribution in [2.24, 2.45) is 7.05 Å². The van der Waals surface area contributed by atoms with Crippen molar-refractivity contribution in [2.75, 3.05) is 13.1 Å². The molecular formula is C20H25F2N3O. The molecule has 0 bridgehead atoms. The van der Waals surface area contributed by atoms with Crippen LogP contribution in [0.1, 0.15) is 60.6 Å². The molecule has 1 aliphatic carbocycles. The molecule has 140 valence electrons. The predicted molar refractivity (Wildman–Crippen MR) is 94.7 cm³/mol. The molecule has 1 aromatic carbocycles. The van der Waals surface area contributed by atoms with Crippen LogP contribution in [-0.2, 0) is 19.9 Å². The Bertz CT molecular complexity index is 805. The highest BCUT2D eigenvalue weighted by Gasteiger charge is 2.33. The number of aromatic nitrogens is 2. The second kappa shape index (κ2) is 7.08. The molecule has 1 fully saturated rings. The Morgan fingerprint density at radius 2 is 2.04 bits per heavy atom. The molecule has 1 saturated heterocycles. The monoisotopic (exact) mass is 361 g/mol. The Labute approximate surface area is 152 Å². The summed E-state index contributed by atoms with van der Waals surface area (Å²) >= 11 is 0. The molecular weight excluding hydrogens is 336 g/mol. The van der Waals surface area contributed by atoms with Gasteiger partial charge in [0.05, 0.1) is 17.8 Å². The highest BCUT2D eigenvalue weighted by atomic mass is 19.1. The maximum absolute atomic E-state index is 14.0. The summed E-state index contributed by atoms with van der Waals surface area (Å²) in [4.78, 5) is 7.09. The van der Waals surface area contributed by atoms with E-state index in [4.69, 9.17) is 4.98 Å². The van der Waals surface area contributed by atoms with E-state index in [2.05, 4.69) is 16.5 Å². The van der Waals surface area contributed by atoms with Crippen LogP contribution < -0.4 is 0 Å². The molecule has 4 nitrogen and oxygen atoms in total. The number of aliphatic hydroxyl groups excluding tert-OH is 1. The van der Waals surface area contributed by atoms with E-state index in [1.165, 1.54) is 36.4 Å².